The number of aliphatic hydroxyl groups is 1. The molecule has 2 saturated heterocycles. The highest BCUT2D eigenvalue weighted by Crippen LogP contribution is 2.34. The second-order valence-corrected chi connectivity index (χ2v) is 11.6. The lowest BCUT2D eigenvalue weighted by Crippen LogP contribution is -2.34. The first-order chi connectivity index (χ1) is 16.2. The van der Waals surface area contributed by atoms with Crippen molar-refractivity contribution in [3.05, 3.63) is 58.8 Å². The Morgan fingerprint density at radius 1 is 1.21 bits per heavy atom. The summed E-state index contributed by atoms with van der Waals surface area (Å²) in [5, 5.41) is 10.7. The van der Waals surface area contributed by atoms with E-state index in [0.29, 0.717) is 22.0 Å². The van der Waals surface area contributed by atoms with Crippen LogP contribution in [0.4, 0.5) is 10.1 Å². The molecule has 2 aliphatic heterocycles. The number of hydrogen-bond donors (Lipinski definition) is 1. The summed E-state index contributed by atoms with van der Waals surface area (Å²) in [6.45, 7) is 0.469. The Balaban J connectivity index is 1.48. The lowest BCUT2D eigenvalue weighted by atomic mass is 10.0. The molecule has 180 valence electrons. The molecule has 0 bridgehead atoms. The second-order valence-electron chi connectivity index (χ2n) is 8.66. The molecule has 3 heterocycles. The molecule has 11 heteroatoms. The molecule has 4 atom stereocenters. The largest absolute Gasteiger partial charge is 0.485 e. The van der Waals surface area contributed by atoms with Crippen LogP contribution in [-0.4, -0.2) is 69.4 Å². The molecule has 1 aromatic heterocycles. The van der Waals surface area contributed by atoms with Crippen LogP contribution in [-0.2, 0) is 25.6 Å². The molecule has 2 aliphatic rings. The summed E-state index contributed by atoms with van der Waals surface area (Å²) in [6.07, 6.45) is 2.67. The van der Waals surface area contributed by atoms with E-state index in [1.165, 1.54) is 24.9 Å². The predicted octanol–water partition coefficient (Wildman–Crippen LogP) is 3.28. The number of fused-ring (bicyclic) bond motifs is 2. The van der Waals surface area contributed by atoms with Crippen molar-refractivity contribution in [2.24, 2.45) is 4.36 Å². The maximum atomic E-state index is 15.1. The van der Waals surface area contributed by atoms with Crippen molar-refractivity contribution in [1.82, 2.24) is 9.97 Å². The standard InChI is InChI=1S/C23H23ClFN3O5S/c1-34(2,30)28-14-7-15(25)21-16(26-11-27-17(21)8-14)5-12-3-4-13(24)6-19(12)33-20-10-32-22-18(29)9-31-23(20)22/h3-4,6-8,11,18,20,22-23,29H,5,9-10H2,1-2H3/t18-,20-,22-,23-/m1/s1. The van der Waals surface area contributed by atoms with Gasteiger partial charge in [0.05, 0.1) is 35.5 Å². The molecule has 2 aromatic carbocycles. The Morgan fingerprint density at radius 2 is 2.00 bits per heavy atom. The van der Waals surface area contributed by atoms with Gasteiger partial charge in [-0.1, -0.05) is 17.7 Å². The van der Waals surface area contributed by atoms with E-state index in [0.717, 1.165) is 5.56 Å². The number of rotatable bonds is 5. The van der Waals surface area contributed by atoms with E-state index in [9.17, 15) is 9.32 Å². The van der Waals surface area contributed by atoms with Crippen molar-refractivity contribution in [2.75, 3.05) is 25.7 Å². The van der Waals surface area contributed by atoms with Gasteiger partial charge >= 0.3 is 0 Å². The van der Waals surface area contributed by atoms with Crippen molar-refractivity contribution < 1.29 is 27.9 Å². The van der Waals surface area contributed by atoms with Crippen molar-refractivity contribution in [3.63, 3.8) is 0 Å². The molecule has 34 heavy (non-hydrogen) atoms. The maximum Gasteiger partial charge on any atom is 0.151 e. The minimum Gasteiger partial charge on any atom is -0.485 e. The number of aromatic nitrogens is 2. The summed E-state index contributed by atoms with van der Waals surface area (Å²) in [4.78, 5) is 8.50. The fourth-order valence-electron chi connectivity index (χ4n) is 4.30. The van der Waals surface area contributed by atoms with Gasteiger partial charge in [-0.15, -0.1) is 0 Å². The Kier molecular flexibility index (Phi) is 6.19. The first kappa shape index (κ1) is 23.4. The normalized spacial score (nSPS) is 24.4. The average Bonchev–Trinajstić information content (AvgIpc) is 3.32. The van der Waals surface area contributed by atoms with Crippen LogP contribution < -0.4 is 4.74 Å². The first-order valence-corrected chi connectivity index (χ1v) is 13.4. The predicted molar refractivity (Wildman–Crippen MR) is 126 cm³/mol. The zero-order valence-corrected chi connectivity index (χ0v) is 20.1. The van der Waals surface area contributed by atoms with E-state index in [1.54, 1.807) is 24.3 Å². The van der Waals surface area contributed by atoms with Gasteiger partial charge in [0.25, 0.3) is 0 Å². The molecule has 2 fully saturated rings. The number of benzene rings is 2. The number of nitrogens with zero attached hydrogens (tertiary/aromatic N) is 3. The molecule has 0 saturated carbocycles. The summed E-state index contributed by atoms with van der Waals surface area (Å²) in [6, 6.07) is 8.04. The molecular weight excluding hydrogens is 485 g/mol. The molecule has 0 amide bonds. The van der Waals surface area contributed by atoms with E-state index >= 15 is 4.39 Å². The Labute approximate surface area is 201 Å². The van der Waals surface area contributed by atoms with Gasteiger partial charge in [0.2, 0.25) is 0 Å². The van der Waals surface area contributed by atoms with Crippen LogP contribution in [0, 0.1) is 5.82 Å². The lowest BCUT2D eigenvalue weighted by Gasteiger charge is -2.20. The molecule has 0 radical (unpaired) electrons. The Hall–Kier alpha value is -2.37. The number of halogens is 2. The first-order valence-electron chi connectivity index (χ1n) is 10.6. The smallest absolute Gasteiger partial charge is 0.151 e. The summed E-state index contributed by atoms with van der Waals surface area (Å²) >= 11 is 6.23. The van der Waals surface area contributed by atoms with Crippen LogP contribution in [0.25, 0.3) is 10.9 Å². The van der Waals surface area contributed by atoms with E-state index < -0.39 is 33.9 Å². The molecule has 0 spiro atoms. The van der Waals surface area contributed by atoms with Gasteiger partial charge < -0.3 is 19.3 Å². The van der Waals surface area contributed by atoms with E-state index in [-0.39, 0.29) is 36.8 Å². The zero-order chi connectivity index (χ0) is 24.0. The number of hydrogen-bond acceptors (Lipinski definition) is 8. The highest BCUT2D eigenvalue weighted by atomic mass is 35.5. The third-order valence-electron chi connectivity index (χ3n) is 5.73. The quantitative estimate of drug-likeness (QED) is 0.565. The van der Waals surface area contributed by atoms with Gasteiger partial charge in [-0.2, -0.15) is 4.36 Å². The SMILES string of the molecule is CS(C)(=O)=Nc1cc(F)c2c(Cc3ccc(Cl)cc3O[C@@H]3CO[C@H]4[C@@H]3OC[C@H]4O)ncnc2c1. The summed E-state index contributed by atoms with van der Waals surface area (Å²) in [5.41, 5.74) is 1.83. The van der Waals surface area contributed by atoms with Crippen LogP contribution in [0.1, 0.15) is 11.3 Å². The van der Waals surface area contributed by atoms with Crippen LogP contribution in [0.5, 0.6) is 5.75 Å². The van der Waals surface area contributed by atoms with E-state index in [1.807, 2.05) is 0 Å². The van der Waals surface area contributed by atoms with E-state index in [2.05, 4.69) is 14.3 Å². The lowest BCUT2D eigenvalue weighted by molar-refractivity contribution is 0.00848. The van der Waals surface area contributed by atoms with Gasteiger partial charge in [0.15, 0.2) is 6.10 Å². The van der Waals surface area contributed by atoms with E-state index in [4.69, 9.17) is 25.8 Å². The number of aliphatic hydroxyl groups excluding tert-OH is 1. The van der Waals surface area contributed by atoms with Gasteiger partial charge in [0.1, 0.15) is 36.2 Å². The van der Waals surface area contributed by atoms with Gasteiger partial charge in [-0.3, -0.25) is 0 Å². The van der Waals surface area contributed by atoms with Crippen LogP contribution >= 0.6 is 11.6 Å². The molecule has 3 aromatic rings. The third kappa shape index (κ3) is 4.73. The fourth-order valence-corrected chi connectivity index (χ4v) is 5.08. The average molecular weight is 508 g/mol. The maximum absolute atomic E-state index is 15.1. The van der Waals surface area contributed by atoms with Crippen molar-refractivity contribution in [3.8, 4) is 5.75 Å². The van der Waals surface area contributed by atoms with Crippen LogP contribution in [0.15, 0.2) is 41.0 Å². The molecule has 1 N–H and O–H groups in total. The van der Waals surface area contributed by atoms with Crippen LogP contribution in [0.2, 0.25) is 5.02 Å². The van der Waals surface area contributed by atoms with Crippen molar-refractivity contribution in [2.45, 2.75) is 30.8 Å². The minimum absolute atomic E-state index is 0.198. The molecule has 0 aliphatic carbocycles. The van der Waals surface area contributed by atoms with Gasteiger partial charge in [-0.25, -0.2) is 18.6 Å². The summed E-state index contributed by atoms with van der Waals surface area (Å²) in [7, 11) is -2.45. The summed E-state index contributed by atoms with van der Waals surface area (Å²) in [5.74, 6) is -0.0467. The third-order valence-corrected chi connectivity index (χ3v) is 6.61. The topological polar surface area (TPSA) is 103 Å². The Bertz CT molecular complexity index is 1370. The second kappa shape index (κ2) is 9.01. The molecule has 8 nitrogen and oxygen atoms in total. The molecule has 0 unspecified atom stereocenters. The minimum atomic E-state index is -2.45. The Morgan fingerprint density at radius 3 is 2.79 bits per heavy atom. The zero-order valence-electron chi connectivity index (χ0n) is 18.5. The van der Waals surface area contributed by atoms with Crippen molar-refractivity contribution >= 4 is 37.9 Å². The molecular formula is C23H23ClFN3O5S. The highest BCUT2D eigenvalue weighted by molar-refractivity contribution is 7.92. The van der Waals surface area contributed by atoms with Crippen LogP contribution in [0.3, 0.4) is 0 Å². The van der Waals surface area contributed by atoms with Gasteiger partial charge in [0, 0.05) is 45.3 Å². The molecule has 5 rings (SSSR count). The fraction of sp³-hybridized carbons (Fsp3) is 0.391. The summed E-state index contributed by atoms with van der Waals surface area (Å²) < 4.78 is 48.7. The van der Waals surface area contributed by atoms with Crippen molar-refractivity contribution in [1.29, 1.82) is 0 Å². The number of ether oxygens (including phenoxy) is 3. The highest BCUT2D eigenvalue weighted by Gasteiger charge is 2.48. The van der Waals surface area contributed by atoms with Gasteiger partial charge in [-0.05, 0) is 18.2 Å². The monoisotopic (exact) mass is 507 g/mol.